The highest BCUT2D eigenvalue weighted by Crippen LogP contribution is 2.34. The Kier molecular flexibility index (Phi) is 4.27. The van der Waals surface area contributed by atoms with E-state index in [0.29, 0.717) is 23.2 Å². The van der Waals surface area contributed by atoms with Crippen LogP contribution in [0.5, 0.6) is 0 Å². The van der Waals surface area contributed by atoms with E-state index in [1.807, 2.05) is 6.92 Å². The molecular weight excluding hydrogens is 339 g/mol. The standard InChI is InChI=1S/C13H13BrF3NO2/c1-2-18-10-4-3-8(7-11(10)20-12(18)19)9(14)5-6-13(15,16)17/h3-4,7,9H,2,5-6H2,1H3. The molecule has 0 bridgehead atoms. The maximum atomic E-state index is 12.2. The molecule has 0 amide bonds. The molecule has 7 heteroatoms. The molecule has 2 rings (SSSR count). The molecule has 0 spiro atoms. The lowest BCUT2D eigenvalue weighted by Crippen LogP contribution is -2.11. The first kappa shape index (κ1) is 15.2. The number of hydrogen-bond donors (Lipinski definition) is 0. The zero-order valence-electron chi connectivity index (χ0n) is 10.7. The second kappa shape index (κ2) is 5.63. The predicted octanol–water partition coefficient (Wildman–Crippen LogP) is 4.39. The largest absolute Gasteiger partial charge is 0.419 e. The maximum Gasteiger partial charge on any atom is 0.419 e. The molecule has 1 atom stereocenters. The third kappa shape index (κ3) is 3.26. The summed E-state index contributed by atoms with van der Waals surface area (Å²) in [5.41, 5.74) is 1.71. The molecule has 20 heavy (non-hydrogen) atoms. The van der Waals surface area contributed by atoms with Gasteiger partial charge < -0.3 is 4.42 Å². The highest BCUT2D eigenvalue weighted by Gasteiger charge is 2.28. The fourth-order valence-corrected chi connectivity index (χ4v) is 2.55. The van der Waals surface area contributed by atoms with Crippen molar-refractivity contribution in [1.82, 2.24) is 4.57 Å². The van der Waals surface area contributed by atoms with Gasteiger partial charge in [0.15, 0.2) is 5.58 Å². The van der Waals surface area contributed by atoms with Crippen LogP contribution >= 0.6 is 15.9 Å². The number of aromatic nitrogens is 1. The van der Waals surface area contributed by atoms with Crippen LogP contribution in [0.2, 0.25) is 0 Å². The number of halogens is 4. The predicted molar refractivity (Wildman–Crippen MR) is 73.1 cm³/mol. The van der Waals surface area contributed by atoms with Gasteiger partial charge in [0.05, 0.1) is 5.52 Å². The number of benzene rings is 1. The molecule has 2 aromatic rings. The van der Waals surface area contributed by atoms with Gasteiger partial charge in [-0.3, -0.25) is 4.57 Å². The summed E-state index contributed by atoms with van der Waals surface area (Å²) < 4.78 is 43.2. The van der Waals surface area contributed by atoms with E-state index >= 15 is 0 Å². The number of hydrogen-bond acceptors (Lipinski definition) is 2. The zero-order valence-corrected chi connectivity index (χ0v) is 12.3. The van der Waals surface area contributed by atoms with E-state index in [-0.39, 0.29) is 6.42 Å². The van der Waals surface area contributed by atoms with Crippen LogP contribution in [0.4, 0.5) is 13.2 Å². The van der Waals surface area contributed by atoms with E-state index < -0.39 is 23.2 Å². The molecule has 0 fully saturated rings. The van der Waals surface area contributed by atoms with Gasteiger partial charge in [-0.15, -0.1) is 0 Å². The third-order valence-electron chi connectivity index (χ3n) is 3.05. The summed E-state index contributed by atoms with van der Waals surface area (Å²) in [7, 11) is 0. The molecule has 0 aliphatic heterocycles. The summed E-state index contributed by atoms with van der Waals surface area (Å²) in [4.78, 5) is 11.1. The van der Waals surface area contributed by atoms with Crippen LogP contribution in [0, 0.1) is 0 Å². The Morgan fingerprint density at radius 2 is 2.10 bits per heavy atom. The van der Waals surface area contributed by atoms with E-state index in [1.54, 1.807) is 18.2 Å². The molecule has 0 aliphatic carbocycles. The fourth-order valence-electron chi connectivity index (χ4n) is 2.03. The van der Waals surface area contributed by atoms with Crippen molar-refractivity contribution in [2.45, 2.75) is 37.3 Å². The maximum absolute atomic E-state index is 12.2. The zero-order chi connectivity index (χ0) is 14.9. The lowest BCUT2D eigenvalue weighted by Gasteiger charge is -2.12. The van der Waals surface area contributed by atoms with Crippen LogP contribution in [0.15, 0.2) is 27.4 Å². The van der Waals surface area contributed by atoms with Crippen molar-refractivity contribution in [1.29, 1.82) is 0 Å². The number of nitrogens with zero attached hydrogens (tertiary/aromatic N) is 1. The lowest BCUT2D eigenvalue weighted by atomic mass is 10.1. The van der Waals surface area contributed by atoms with Crippen LogP contribution in [-0.4, -0.2) is 10.7 Å². The summed E-state index contributed by atoms with van der Waals surface area (Å²) >= 11 is 3.24. The first-order chi connectivity index (χ1) is 9.31. The Balaban J connectivity index is 2.26. The molecule has 0 saturated carbocycles. The Morgan fingerprint density at radius 1 is 1.40 bits per heavy atom. The Hall–Kier alpha value is -1.24. The van der Waals surface area contributed by atoms with Gasteiger partial charge in [0.25, 0.3) is 0 Å². The first-order valence-corrected chi connectivity index (χ1v) is 7.07. The topological polar surface area (TPSA) is 35.1 Å². The lowest BCUT2D eigenvalue weighted by molar-refractivity contribution is -0.135. The molecule has 1 unspecified atom stereocenters. The minimum atomic E-state index is -4.17. The van der Waals surface area contributed by atoms with Crippen LogP contribution in [0.3, 0.4) is 0 Å². The summed E-state index contributed by atoms with van der Waals surface area (Å²) in [6.45, 7) is 2.30. The van der Waals surface area contributed by atoms with Crippen molar-refractivity contribution in [3.63, 3.8) is 0 Å². The third-order valence-corrected chi connectivity index (χ3v) is 4.04. The molecule has 3 nitrogen and oxygen atoms in total. The highest BCUT2D eigenvalue weighted by molar-refractivity contribution is 9.09. The van der Waals surface area contributed by atoms with E-state index in [9.17, 15) is 18.0 Å². The summed E-state index contributed by atoms with van der Waals surface area (Å²) in [5, 5.41) is 0. The van der Waals surface area contributed by atoms with Crippen molar-refractivity contribution in [3.8, 4) is 0 Å². The summed E-state index contributed by atoms with van der Waals surface area (Å²) in [6.07, 6.45) is -5.09. The number of alkyl halides is 4. The minimum absolute atomic E-state index is 0.0618. The molecule has 0 N–H and O–H groups in total. The van der Waals surface area contributed by atoms with Gasteiger partial charge in [0.1, 0.15) is 0 Å². The Morgan fingerprint density at radius 3 is 2.70 bits per heavy atom. The molecule has 0 aliphatic rings. The van der Waals surface area contributed by atoms with Crippen LogP contribution in [-0.2, 0) is 6.54 Å². The Labute approximate surface area is 121 Å². The average Bonchev–Trinajstić information content (AvgIpc) is 2.69. The van der Waals surface area contributed by atoms with Gasteiger partial charge in [-0.05, 0) is 31.0 Å². The van der Waals surface area contributed by atoms with Crippen molar-refractivity contribution in [3.05, 3.63) is 34.3 Å². The second-order valence-electron chi connectivity index (χ2n) is 4.46. The number of oxazole rings is 1. The van der Waals surface area contributed by atoms with Crippen molar-refractivity contribution >= 4 is 27.0 Å². The second-order valence-corrected chi connectivity index (χ2v) is 5.57. The minimum Gasteiger partial charge on any atom is -0.408 e. The van der Waals surface area contributed by atoms with Crippen molar-refractivity contribution in [2.75, 3.05) is 0 Å². The number of fused-ring (bicyclic) bond motifs is 1. The number of aryl methyl sites for hydroxylation is 1. The summed E-state index contributed by atoms with van der Waals surface area (Å²) in [6, 6.07) is 5.01. The van der Waals surface area contributed by atoms with Gasteiger partial charge in [-0.1, -0.05) is 22.0 Å². The van der Waals surface area contributed by atoms with Gasteiger partial charge >= 0.3 is 11.9 Å². The SMILES string of the molecule is CCn1c(=O)oc2cc(C(Br)CCC(F)(F)F)ccc21. The van der Waals surface area contributed by atoms with Crippen molar-refractivity contribution in [2.24, 2.45) is 0 Å². The Bertz CT molecular complexity index is 660. The highest BCUT2D eigenvalue weighted by atomic mass is 79.9. The van der Waals surface area contributed by atoms with Crippen LogP contribution in [0.1, 0.15) is 30.2 Å². The van der Waals surface area contributed by atoms with E-state index in [2.05, 4.69) is 15.9 Å². The van der Waals surface area contributed by atoms with Crippen molar-refractivity contribution < 1.29 is 17.6 Å². The normalized spacial score (nSPS) is 13.8. The summed E-state index contributed by atoms with van der Waals surface area (Å²) in [5.74, 6) is -0.457. The van der Waals surface area contributed by atoms with Crippen LogP contribution in [0.25, 0.3) is 11.1 Å². The molecular formula is C13H13BrF3NO2. The first-order valence-electron chi connectivity index (χ1n) is 6.16. The molecule has 0 saturated heterocycles. The smallest absolute Gasteiger partial charge is 0.408 e. The van der Waals surface area contributed by atoms with Gasteiger partial charge in [0, 0.05) is 17.8 Å². The molecule has 1 heterocycles. The van der Waals surface area contributed by atoms with Crippen LogP contribution < -0.4 is 5.76 Å². The molecule has 1 aromatic heterocycles. The van der Waals surface area contributed by atoms with Gasteiger partial charge in [-0.25, -0.2) is 4.79 Å². The average molecular weight is 352 g/mol. The van der Waals surface area contributed by atoms with Gasteiger partial charge in [0.2, 0.25) is 0 Å². The monoisotopic (exact) mass is 351 g/mol. The molecule has 1 aromatic carbocycles. The van der Waals surface area contributed by atoms with E-state index in [4.69, 9.17) is 4.42 Å². The van der Waals surface area contributed by atoms with Gasteiger partial charge in [-0.2, -0.15) is 13.2 Å². The van der Waals surface area contributed by atoms with E-state index in [0.717, 1.165) is 0 Å². The fraction of sp³-hybridized carbons (Fsp3) is 0.462. The molecule has 110 valence electrons. The molecule has 0 radical (unpaired) electrons. The van der Waals surface area contributed by atoms with E-state index in [1.165, 1.54) is 4.57 Å². The number of rotatable bonds is 4. The quantitative estimate of drug-likeness (QED) is 0.765.